The van der Waals surface area contributed by atoms with Crippen molar-refractivity contribution in [3.05, 3.63) is 42.0 Å². The summed E-state index contributed by atoms with van der Waals surface area (Å²) in [6.07, 6.45) is 3.17. The number of benzene rings is 1. The first kappa shape index (κ1) is 15.2. The molecule has 3 aliphatic rings. The van der Waals surface area contributed by atoms with Gasteiger partial charge in [0.05, 0.1) is 31.7 Å². The predicted molar refractivity (Wildman–Crippen MR) is 84.5 cm³/mol. The summed E-state index contributed by atoms with van der Waals surface area (Å²) in [4.78, 5) is 26.3. The molecule has 1 spiro atoms. The van der Waals surface area contributed by atoms with Crippen molar-refractivity contribution in [3.63, 3.8) is 0 Å². The van der Waals surface area contributed by atoms with Crippen molar-refractivity contribution in [1.82, 2.24) is 4.90 Å². The molecule has 0 aromatic heterocycles. The summed E-state index contributed by atoms with van der Waals surface area (Å²) in [6.45, 7) is 2.34. The highest BCUT2D eigenvalue weighted by molar-refractivity contribution is 5.91. The number of fused-ring (bicyclic) bond motifs is 1. The molecule has 0 radical (unpaired) electrons. The highest BCUT2D eigenvalue weighted by Crippen LogP contribution is 2.53. The SMILES string of the molecule is COc1ccc([C@H](C)N2C[C@]34C=C[C@H](O3)[C@@H](C(=O)O)[C@@H]4C2=O)cc1. The maximum absolute atomic E-state index is 12.9. The minimum atomic E-state index is -0.969. The zero-order chi connectivity index (χ0) is 17.1. The van der Waals surface area contributed by atoms with Crippen molar-refractivity contribution in [2.45, 2.75) is 24.7 Å². The van der Waals surface area contributed by atoms with Crippen molar-refractivity contribution >= 4 is 11.9 Å². The van der Waals surface area contributed by atoms with Crippen LogP contribution in [0.5, 0.6) is 5.75 Å². The Labute approximate surface area is 139 Å². The van der Waals surface area contributed by atoms with E-state index in [0.717, 1.165) is 11.3 Å². The summed E-state index contributed by atoms with van der Waals surface area (Å²) in [7, 11) is 1.61. The van der Waals surface area contributed by atoms with Gasteiger partial charge in [-0.25, -0.2) is 0 Å². The number of methoxy groups -OCH3 is 1. The maximum atomic E-state index is 12.9. The Morgan fingerprint density at radius 1 is 1.42 bits per heavy atom. The number of carbonyl (C=O) groups excluding carboxylic acids is 1. The molecule has 24 heavy (non-hydrogen) atoms. The van der Waals surface area contributed by atoms with Crippen LogP contribution in [-0.4, -0.2) is 47.2 Å². The average molecular weight is 329 g/mol. The van der Waals surface area contributed by atoms with E-state index in [1.807, 2.05) is 37.3 Å². The van der Waals surface area contributed by atoms with E-state index < -0.39 is 29.5 Å². The Morgan fingerprint density at radius 2 is 2.12 bits per heavy atom. The number of carbonyl (C=O) groups is 2. The van der Waals surface area contributed by atoms with Crippen molar-refractivity contribution < 1.29 is 24.2 Å². The van der Waals surface area contributed by atoms with Gasteiger partial charge in [0.15, 0.2) is 0 Å². The van der Waals surface area contributed by atoms with Crippen LogP contribution >= 0.6 is 0 Å². The molecule has 0 unspecified atom stereocenters. The van der Waals surface area contributed by atoms with Gasteiger partial charge in [-0.2, -0.15) is 0 Å². The van der Waals surface area contributed by atoms with Crippen LogP contribution in [0, 0.1) is 11.8 Å². The van der Waals surface area contributed by atoms with Crippen LogP contribution in [0.15, 0.2) is 36.4 Å². The van der Waals surface area contributed by atoms with Gasteiger partial charge in [0.1, 0.15) is 17.3 Å². The number of aliphatic carboxylic acids is 1. The molecule has 126 valence electrons. The molecular weight excluding hydrogens is 310 g/mol. The van der Waals surface area contributed by atoms with Crippen LogP contribution in [0.3, 0.4) is 0 Å². The molecule has 0 aliphatic carbocycles. The fourth-order valence-electron chi connectivity index (χ4n) is 4.20. The molecule has 1 aromatic rings. The Morgan fingerprint density at radius 3 is 2.75 bits per heavy atom. The smallest absolute Gasteiger partial charge is 0.310 e. The van der Waals surface area contributed by atoms with E-state index in [4.69, 9.17) is 9.47 Å². The van der Waals surface area contributed by atoms with E-state index >= 15 is 0 Å². The number of likely N-dealkylation sites (tertiary alicyclic amines) is 1. The molecule has 1 amide bonds. The molecule has 3 aliphatic heterocycles. The molecule has 5 atom stereocenters. The molecule has 2 fully saturated rings. The van der Waals surface area contributed by atoms with Crippen molar-refractivity contribution in [2.24, 2.45) is 11.8 Å². The van der Waals surface area contributed by atoms with Gasteiger partial charge in [0.2, 0.25) is 5.91 Å². The van der Waals surface area contributed by atoms with Gasteiger partial charge in [-0.15, -0.1) is 0 Å². The highest BCUT2D eigenvalue weighted by Gasteiger charge is 2.67. The average Bonchev–Trinajstić information content (AvgIpc) is 3.22. The van der Waals surface area contributed by atoms with Crippen LogP contribution in [0.25, 0.3) is 0 Å². The van der Waals surface area contributed by atoms with Gasteiger partial charge >= 0.3 is 5.97 Å². The van der Waals surface area contributed by atoms with E-state index in [1.54, 1.807) is 18.1 Å². The fraction of sp³-hybridized carbons (Fsp3) is 0.444. The van der Waals surface area contributed by atoms with Gasteiger partial charge in [0, 0.05) is 0 Å². The first-order valence-corrected chi connectivity index (χ1v) is 8.01. The van der Waals surface area contributed by atoms with Gasteiger partial charge in [-0.05, 0) is 24.6 Å². The zero-order valence-corrected chi connectivity index (χ0v) is 13.5. The van der Waals surface area contributed by atoms with Crippen LogP contribution in [-0.2, 0) is 14.3 Å². The Balaban J connectivity index is 1.63. The van der Waals surface area contributed by atoms with E-state index in [-0.39, 0.29) is 11.9 Å². The van der Waals surface area contributed by atoms with E-state index in [1.165, 1.54) is 0 Å². The lowest BCUT2D eigenvalue weighted by molar-refractivity contribution is -0.148. The predicted octanol–water partition coefficient (Wildman–Crippen LogP) is 1.62. The van der Waals surface area contributed by atoms with Crippen molar-refractivity contribution in [2.75, 3.05) is 13.7 Å². The third-order valence-electron chi connectivity index (χ3n) is 5.48. The Kier molecular flexibility index (Phi) is 3.22. The topological polar surface area (TPSA) is 76.1 Å². The molecule has 3 heterocycles. The number of ether oxygens (including phenoxy) is 2. The minimum absolute atomic E-state index is 0.141. The van der Waals surface area contributed by atoms with Crippen LogP contribution in [0.2, 0.25) is 0 Å². The number of rotatable bonds is 4. The zero-order valence-electron chi connectivity index (χ0n) is 13.5. The molecule has 2 bridgehead atoms. The number of amides is 1. The number of carboxylic acid groups (broad SMARTS) is 1. The lowest BCUT2D eigenvalue weighted by Crippen LogP contribution is -2.39. The first-order valence-electron chi connectivity index (χ1n) is 8.01. The minimum Gasteiger partial charge on any atom is -0.497 e. The van der Waals surface area contributed by atoms with Gasteiger partial charge in [-0.3, -0.25) is 9.59 Å². The van der Waals surface area contributed by atoms with Crippen LogP contribution in [0.1, 0.15) is 18.5 Å². The lowest BCUT2D eigenvalue weighted by atomic mass is 9.77. The molecule has 1 N–H and O–H groups in total. The van der Waals surface area contributed by atoms with Crippen molar-refractivity contribution in [1.29, 1.82) is 0 Å². The molecular formula is C18H19NO5. The second-order valence-corrected chi connectivity index (χ2v) is 6.65. The lowest BCUT2D eigenvalue weighted by Gasteiger charge is -2.27. The number of hydrogen-bond acceptors (Lipinski definition) is 4. The third kappa shape index (κ3) is 1.92. The quantitative estimate of drug-likeness (QED) is 0.850. The molecule has 0 saturated carbocycles. The number of carboxylic acids is 1. The molecule has 2 saturated heterocycles. The van der Waals surface area contributed by atoms with E-state index in [2.05, 4.69) is 0 Å². The molecule has 1 aromatic carbocycles. The maximum Gasteiger partial charge on any atom is 0.310 e. The standard InChI is InChI=1S/C18H19NO5/c1-10(11-3-5-12(23-2)6-4-11)19-9-18-8-7-13(24-18)14(17(21)22)15(18)16(19)20/h3-8,10,13-15H,9H2,1-2H3,(H,21,22)/t10-,13-,14+,15+,18-/m0/s1. The number of nitrogens with zero attached hydrogens (tertiary/aromatic N) is 1. The van der Waals surface area contributed by atoms with Crippen molar-refractivity contribution in [3.8, 4) is 5.75 Å². The van der Waals surface area contributed by atoms with Crippen LogP contribution < -0.4 is 4.74 Å². The third-order valence-corrected chi connectivity index (χ3v) is 5.48. The van der Waals surface area contributed by atoms with Gasteiger partial charge < -0.3 is 19.5 Å². The second-order valence-electron chi connectivity index (χ2n) is 6.65. The first-order chi connectivity index (χ1) is 11.5. The summed E-state index contributed by atoms with van der Waals surface area (Å²) >= 11 is 0. The van der Waals surface area contributed by atoms with E-state index in [9.17, 15) is 14.7 Å². The summed E-state index contributed by atoms with van der Waals surface area (Å²) in [6, 6.07) is 7.39. The molecule has 6 heteroatoms. The van der Waals surface area contributed by atoms with E-state index in [0.29, 0.717) is 6.54 Å². The highest BCUT2D eigenvalue weighted by atomic mass is 16.5. The molecule has 6 nitrogen and oxygen atoms in total. The summed E-state index contributed by atoms with van der Waals surface area (Å²) < 4.78 is 11.1. The fourth-order valence-corrected chi connectivity index (χ4v) is 4.20. The number of hydrogen-bond donors (Lipinski definition) is 1. The Bertz CT molecular complexity index is 727. The largest absolute Gasteiger partial charge is 0.497 e. The van der Waals surface area contributed by atoms with Crippen LogP contribution in [0.4, 0.5) is 0 Å². The summed E-state index contributed by atoms with van der Waals surface area (Å²) in [5.74, 6) is -1.78. The summed E-state index contributed by atoms with van der Waals surface area (Å²) in [5, 5.41) is 9.50. The van der Waals surface area contributed by atoms with Gasteiger partial charge in [-0.1, -0.05) is 24.3 Å². The monoisotopic (exact) mass is 329 g/mol. The Hall–Kier alpha value is -2.34. The van der Waals surface area contributed by atoms with Gasteiger partial charge in [0.25, 0.3) is 0 Å². The molecule has 4 rings (SSSR count). The normalized spacial score (nSPS) is 34.5. The second kappa shape index (κ2) is 5.08. The summed E-state index contributed by atoms with van der Waals surface area (Å²) in [5.41, 5.74) is 0.192.